The Labute approximate surface area is 187 Å². The molecular formula is C19H24Cl4N4O. The summed E-state index contributed by atoms with van der Waals surface area (Å²) in [5.74, 6) is 0.954. The second-order valence-corrected chi connectivity index (χ2v) is 7.46. The Balaban J connectivity index is 0.00000196. The fourth-order valence-electron chi connectivity index (χ4n) is 3.19. The molecule has 3 N–H and O–H groups in total. The van der Waals surface area contributed by atoms with Crippen LogP contribution in [0.4, 0.5) is 11.5 Å². The van der Waals surface area contributed by atoms with E-state index in [9.17, 15) is 4.79 Å². The highest BCUT2D eigenvalue weighted by Gasteiger charge is 2.27. The molecule has 1 fully saturated rings. The molecule has 1 aliphatic rings. The monoisotopic (exact) mass is 464 g/mol. The molecule has 28 heavy (non-hydrogen) atoms. The van der Waals surface area contributed by atoms with Crippen LogP contribution in [0.1, 0.15) is 30.1 Å². The molecule has 3 rings (SSSR count). The highest BCUT2D eigenvalue weighted by molar-refractivity contribution is 6.42. The number of piperidine rings is 1. The van der Waals surface area contributed by atoms with Gasteiger partial charge in [-0.15, -0.1) is 24.8 Å². The van der Waals surface area contributed by atoms with Gasteiger partial charge in [0.25, 0.3) is 5.91 Å². The summed E-state index contributed by atoms with van der Waals surface area (Å²) in [6.45, 7) is 3.46. The summed E-state index contributed by atoms with van der Waals surface area (Å²) in [6.07, 6.45) is 3.51. The summed E-state index contributed by atoms with van der Waals surface area (Å²) in [7, 11) is 0. The summed E-state index contributed by atoms with van der Waals surface area (Å²) in [5.41, 5.74) is 7.25. The van der Waals surface area contributed by atoms with Gasteiger partial charge in [0, 0.05) is 31.0 Å². The molecule has 2 aromatic rings. The Morgan fingerprint density at radius 2 is 1.89 bits per heavy atom. The fraction of sp³-hybridized carbons (Fsp3) is 0.368. The Kier molecular flexibility index (Phi) is 9.81. The quantitative estimate of drug-likeness (QED) is 0.652. The minimum Gasteiger partial charge on any atom is -0.340 e. The molecule has 1 aromatic carbocycles. The van der Waals surface area contributed by atoms with Crippen LogP contribution in [0.25, 0.3) is 0 Å². The molecule has 2 heterocycles. The number of carbonyl (C=O) groups is 1. The molecule has 5 nitrogen and oxygen atoms in total. The van der Waals surface area contributed by atoms with Gasteiger partial charge in [0.1, 0.15) is 5.82 Å². The molecule has 1 aliphatic heterocycles. The summed E-state index contributed by atoms with van der Waals surface area (Å²) < 4.78 is 0. The zero-order valence-corrected chi connectivity index (χ0v) is 18.5. The van der Waals surface area contributed by atoms with Crippen LogP contribution in [-0.2, 0) is 0 Å². The largest absolute Gasteiger partial charge is 0.340 e. The predicted octanol–water partition coefficient (Wildman–Crippen LogP) is 5.18. The number of likely N-dealkylation sites (tertiary alicyclic amines) is 1. The Morgan fingerprint density at radius 1 is 1.21 bits per heavy atom. The number of nitrogens with two attached hydrogens (primary N) is 1. The van der Waals surface area contributed by atoms with Gasteiger partial charge in [-0.2, -0.15) is 0 Å². The first kappa shape index (κ1) is 24.8. The van der Waals surface area contributed by atoms with E-state index in [2.05, 4.69) is 10.3 Å². The normalized spacial score (nSPS) is 15.2. The number of pyridine rings is 1. The number of anilines is 2. The van der Waals surface area contributed by atoms with E-state index in [1.807, 2.05) is 11.8 Å². The molecular weight excluding hydrogens is 442 g/mol. The zero-order valence-electron chi connectivity index (χ0n) is 15.4. The van der Waals surface area contributed by atoms with Gasteiger partial charge in [-0.1, -0.05) is 23.2 Å². The van der Waals surface area contributed by atoms with E-state index in [1.54, 1.807) is 36.5 Å². The van der Waals surface area contributed by atoms with Crippen molar-refractivity contribution >= 4 is 65.4 Å². The van der Waals surface area contributed by atoms with Crippen molar-refractivity contribution in [3.63, 3.8) is 0 Å². The lowest BCUT2D eigenvalue weighted by atomic mass is 9.90. The predicted molar refractivity (Wildman–Crippen MR) is 121 cm³/mol. The number of benzene rings is 1. The molecule has 1 atom stereocenters. The molecule has 1 amide bonds. The maximum atomic E-state index is 13.0. The molecule has 0 aliphatic carbocycles. The number of carbonyl (C=O) groups excluding carboxylic acids is 1. The number of amides is 1. The lowest BCUT2D eigenvalue weighted by Crippen LogP contribution is -2.42. The number of hydrogen-bond donors (Lipinski definition) is 2. The smallest absolute Gasteiger partial charge is 0.257 e. The first-order chi connectivity index (χ1) is 12.5. The highest BCUT2D eigenvalue weighted by Crippen LogP contribution is 2.28. The average Bonchev–Trinajstić information content (AvgIpc) is 2.65. The van der Waals surface area contributed by atoms with Crippen molar-refractivity contribution in [3.8, 4) is 0 Å². The van der Waals surface area contributed by atoms with Crippen LogP contribution in [0.5, 0.6) is 0 Å². The number of rotatable bonds is 4. The minimum atomic E-state index is -0.0243. The molecule has 0 radical (unpaired) electrons. The molecule has 1 aromatic heterocycles. The fourth-order valence-corrected chi connectivity index (χ4v) is 3.48. The van der Waals surface area contributed by atoms with E-state index in [4.69, 9.17) is 28.9 Å². The van der Waals surface area contributed by atoms with E-state index < -0.39 is 0 Å². The molecule has 1 unspecified atom stereocenters. The van der Waals surface area contributed by atoms with Gasteiger partial charge in [-0.3, -0.25) is 4.79 Å². The number of hydrogen-bond acceptors (Lipinski definition) is 4. The van der Waals surface area contributed by atoms with Crippen molar-refractivity contribution in [2.45, 2.75) is 25.8 Å². The standard InChI is InChI=1S/C19H22Cl2N4O.2ClH/c1-12(22)13-6-9-25(10-7-13)19(26)15-3-2-8-23-18(15)24-14-4-5-16(20)17(21)11-14;;/h2-5,8,11-13H,6-7,9-10,22H2,1H3,(H,23,24);2*1H. The average molecular weight is 466 g/mol. The number of halogens is 4. The van der Waals surface area contributed by atoms with E-state index in [-0.39, 0.29) is 36.8 Å². The van der Waals surface area contributed by atoms with Crippen LogP contribution in [0.2, 0.25) is 10.0 Å². The van der Waals surface area contributed by atoms with Crippen molar-refractivity contribution in [2.75, 3.05) is 18.4 Å². The summed E-state index contributed by atoms with van der Waals surface area (Å²) in [5, 5.41) is 4.09. The maximum Gasteiger partial charge on any atom is 0.257 e. The second kappa shape index (κ2) is 11.1. The first-order valence-electron chi connectivity index (χ1n) is 8.67. The number of nitrogens with one attached hydrogen (secondary N) is 1. The summed E-state index contributed by atoms with van der Waals surface area (Å²) in [4.78, 5) is 19.2. The molecule has 0 bridgehead atoms. The molecule has 0 saturated carbocycles. The van der Waals surface area contributed by atoms with E-state index >= 15 is 0 Å². The highest BCUT2D eigenvalue weighted by atomic mass is 35.5. The van der Waals surface area contributed by atoms with Crippen LogP contribution in [-0.4, -0.2) is 34.9 Å². The van der Waals surface area contributed by atoms with Crippen molar-refractivity contribution in [1.82, 2.24) is 9.88 Å². The lowest BCUT2D eigenvalue weighted by molar-refractivity contribution is 0.0681. The molecule has 0 spiro atoms. The van der Waals surface area contributed by atoms with Crippen molar-refractivity contribution in [2.24, 2.45) is 11.7 Å². The molecule has 1 saturated heterocycles. The molecule has 9 heteroatoms. The van der Waals surface area contributed by atoms with Gasteiger partial charge < -0.3 is 16.0 Å². The van der Waals surface area contributed by atoms with Crippen molar-refractivity contribution in [3.05, 3.63) is 52.1 Å². The van der Waals surface area contributed by atoms with Gasteiger partial charge in [0.15, 0.2) is 0 Å². The lowest BCUT2D eigenvalue weighted by Gasteiger charge is -2.34. The van der Waals surface area contributed by atoms with Gasteiger partial charge in [-0.05, 0) is 56.0 Å². The van der Waals surface area contributed by atoms with Crippen LogP contribution in [0.3, 0.4) is 0 Å². The molecule has 154 valence electrons. The van der Waals surface area contributed by atoms with Crippen LogP contribution < -0.4 is 11.1 Å². The van der Waals surface area contributed by atoms with E-state index in [0.29, 0.717) is 40.4 Å². The van der Waals surface area contributed by atoms with Gasteiger partial charge in [-0.25, -0.2) is 4.98 Å². The Morgan fingerprint density at radius 3 is 2.50 bits per heavy atom. The number of aromatic nitrogens is 1. The van der Waals surface area contributed by atoms with Gasteiger partial charge >= 0.3 is 0 Å². The van der Waals surface area contributed by atoms with Crippen LogP contribution >= 0.6 is 48.0 Å². The zero-order chi connectivity index (χ0) is 18.7. The van der Waals surface area contributed by atoms with Crippen molar-refractivity contribution in [1.29, 1.82) is 0 Å². The second-order valence-electron chi connectivity index (χ2n) is 6.64. The minimum absolute atomic E-state index is 0. The maximum absolute atomic E-state index is 13.0. The first-order valence-corrected chi connectivity index (χ1v) is 9.43. The Hall–Kier alpha value is -1.24. The van der Waals surface area contributed by atoms with E-state index in [1.165, 1.54) is 0 Å². The summed E-state index contributed by atoms with van der Waals surface area (Å²) >= 11 is 12.0. The van der Waals surface area contributed by atoms with Gasteiger partial charge in [0.2, 0.25) is 0 Å². The Bertz CT molecular complexity index is 795. The van der Waals surface area contributed by atoms with Gasteiger partial charge in [0.05, 0.1) is 15.6 Å². The summed E-state index contributed by atoms with van der Waals surface area (Å²) in [6, 6.07) is 8.92. The van der Waals surface area contributed by atoms with Crippen LogP contribution in [0.15, 0.2) is 36.5 Å². The van der Waals surface area contributed by atoms with Crippen molar-refractivity contribution < 1.29 is 4.79 Å². The SMILES string of the molecule is CC(N)C1CCN(C(=O)c2cccnc2Nc2ccc(Cl)c(Cl)c2)CC1.Cl.Cl. The third kappa shape index (κ3) is 5.88. The number of nitrogens with zero attached hydrogens (tertiary/aromatic N) is 2. The van der Waals surface area contributed by atoms with Crippen LogP contribution in [0, 0.1) is 5.92 Å². The van der Waals surface area contributed by atoms with E-state index in [0.717, 1.165) is 18.5 Å². The third-order valence-electron chi connectivity index (χ3n) is 4.79. The third-order valence-corrected chi connectivity index (χ3v) is 5.53. The topological polar surface area (TPSA) is 71.2 Å².